The van der Waals surface area contributed by atoms with Crippen molar-refractivity contribution >= 4 is 5.97 Å². The van der Waals surface area contributed by atoms with Crippen molar-refractivity contribution in [2.45, 2.75) is 19.4 Å². The van der Waals surface area contributed by atoms with E-state index in [1.807, 2.05) is 6.92 Å². The molecule has 4 nitrogen and oxygen atoms in total. The molecule has 0 amide bonds. The second kappa shape index (κ2) is 5.98. The summed E-state index contributed by atoms with van der Waals surface area (Å²) >= 11 is 0. The first-order chi connectivity index (χ1) is 6.77. The first-order valence-electron chi connectivity index (χ1n) is 5.19. The van der Waals surface area contributed by atoms with Gasteiger partial charge in [0.2, 0.25) is 0 Å². The van der Waals surface area contributed by atoms with Gasteiger partial charge in [0.15, 0.2) is 0 Å². The van der Waals surface area contributed by atoms with E-state index in [9.17, 15) is 4.79 Å². The molecule has 1 atom stereocenters. The summed E-state index contributed by atoms with van der Waals surface area (Å²) < 4.78 is 4.96. The van der Waals surface area contributed by atoms with Crippen molar-refractivity contribution in [2.75, 3.05) is 32.8 Å². The minimum absolute atomic E-state index is 0.138. The lowest BCUT2D eigenvalue weighted by Gasteiger charge is -2.31. The van der Waals surface area contributed by atoms with Crippen LogP contribution in [0.3, 0.4) is 0 Å². The van der Waals surface area contributed by atoms with Crippen molar-refractivity contribution in [2.24, 2.45) is 0 Å². The number of carbonyl (C=O) groups excluding carboxylic acids is 1. The Morgan fingerprint density at radius 2 is 2.50 bits per heavy atom. The van der Waals surface area contributed by atoms with Crippen LogP contribution in [0.2, 0.25) is 0 Å². The normalized spacial score (nSPS) is 23.4. The zero-order valence-corrected chi connectivity index (χ0v) is 8.79. The third kappa shape index (κ3) is 3.27. The first kappa shape index (κ1) is 11.5. The molecule has 0 saturated carbocycles. The van der Waals surface area contributed by atoms with Gasteiger partial charge in [0.05, 0.1) is 6.61 Å². The molecule has 4 heteroatoms. The van der Waals surface area contributed by atoms with E-state index >= 15 is 0 Å². The predicted octanol–water partition coefficient (Wildman–Crippen LogP) is 0.0475. The molecule has 1 saturated heterocycles. The number of hydrogen-bond acceptors (Lipinski definition) is 4. The van der Waals surface area contributed by atoms with E-state index in [-0.39, 0.29) is 12.0 Å². The molecule has 14 heavy (non-hydrogen) atoms. The van der Waals surface area contributed by atoms with Crippen LogP contribution in [0.5, 0.6) is 0 Å². The van der Waals surface area contributed by atoms with Gasteiger partial charge in [-0.15, -0.1) is 0 Å². The van der Waals surface area contributed by atoms with Gasteiger partial charge in [0.25, 0.3) is 0 Å². The Bertz CT molecular complexity index is 183. The fourth-order valence-corrected chi connectivity index (χ4v) is 1.64. The number of hydrogen-bond donors (Lipinski definition) is 1. The maximum absolute atomic E-state index is 11.4. The van der Waals surface area contributed by atoms with Gasteiger partial charge in [-0.2, -0.15) is 0 Å². The molecule has 0 aromatic heterocycles. The smallest absolute Gasteiger partial charge is 0.324 e. The molecule has 0 aliphatic carbocycles. The summed E-state index contributed by atoms with van der Waals surface area (Å²) in [6.45, 7) is 9.63. The fraction of sp³-hybridized carbons (Fsp3) is 0.800. The number of esters is 1. The van der Waals surface area contributed by atoms with Crippen molar-refractivity contribution in [1.29, 1.82) is 0 Å². The van der Waals surface area contributed by atoms with E-state index in [4.69, 9.17) is 4.74 Å². The van der Waals surface area contributed by atoms with E-state index in [2.05, 4.69) is 17.1 Å². The summed E-state index contributed by atoms with van der Waals surface area (Å²) in [6.07, 6.45) is 0.884. The third-order valence-electron chi connectivity index (χ3n) is 2.30. The Balaban J connectivity index is 2.35. The van der Waals surface area contributed by atoms with Gasteiger partial charge in [-0.3, -0.25) is 9.69 Å². The molecule has 1 N–H and O–H groups in total. The Morgan fingerprint density at radius 1 is 1.71 bits per heavy atom. The van der Waals surface area contributed by atoms with Crippen LogP contribution in [0.4, 0.5) is 0 Å². The molecule has 0 aromatic carbocycles. The Labute approximate surface area is 85.6 Å². The van der Waals surface area contributed by atoms with Crippen LogP contribution < -0.4 is 5.32 Å². The molecule has 1 radical (unpaired) electrons. The topological polar surface area (TPSA) is 41.6 Å². The second-order valence-corrected chi connectivity index (χ2v) is 3.41. The van der Waals surface area contributed by atoms with Crippen LogP contribution in [-0.2, 0) is 9.53 Å². The molecule has 0 spiro atoms. The van der Waals surface area contributed by atoms with Crippen LogP contribution in [0.15, 0.2) is 0 Å². The molecule has 1 heterocycles. The number of carbonyl (C=O) groups is 1. The lowest BCUT2D eigenvalue weighted by atomic mass is 10.2. The summed E-state index contributed by atoms with van der Waals surface area (Å²) in [5, 5.41) is 3.16. The van der Waals surface area contributed by atoms with Crippen LogP contribution in [0.25, 0.3) is 0 Å². The van der Waals surface area contributed by atoms with Crippen LogP contribution in [0, 0.1) is 6.92 Å². The average molecular weight is 199 g/mol. The van der Waals surface area contributed by atoms with E-state index in [1.165, 1.54) is 0 Å². The number of ether oxygens (including phenoxy) is 1. The molecule has 1 aliphatic heterocycles. The van der Waals surface area contributed by atoms with Crippen molar-refractivity contribution in [1.82, 2.24) is 10.2 Å². The van der Waals surface area contributed by atoms with Crippen molar-refractivity contribution < 1.29 is 9.53 Å². The predicted molar refractivity (Wildman–Crippen MR) is 54.8 cm³/mol. The Kier molecular flexibility index (Phi) is 4.90. The molecule has 0 bridgehead atoms. The van der Waals surface area contributed by atoms with Gasteiger partial charge in [0.1, 0.15) is 6.04 Å². The standard InChI is InChI=1S/C10H19N2O2/c1-3-6-12-7-5-11-9(8-12)10(13)14-4-2/h9,11H,1,3-8H2,2H3. The maximum atomic E-state index is 11.4. The first-order valence-corrected chi connectivity index (χ1v) is 5.19. The highest BCUT2D eigenvalue weighted by Gasteiger charge is 2.25. The fourth-order valence-electron chi connectivity index (χ4n) is 1.64. The summed E-state index contributed by atoms with van der Waals surface area (Å²) in [4.78, 5) is 13.7. The summed E-state index contributed by atoms with van der Waals surface area (Å²) in [5.74, 6) is -0.138. The average Bonchev–Trinajstić information content (AvgIpc) is 2.19. The molecule has 1 fully saturated rings. The molecular formula is C10H19N2O2. The third-order valence-corrected chi connectivity index (χ3v) is 2.30. The zero-order chi connectivity index (χ0) is 10.4. The van der Waals surface area contributed by atoms with Crippen LogP contribution in [0.1, 0.15) is 13.3 Å². The minimum atomic E-state index is -0.157. The minimum Gasteiger partial charge on any atom is -0.465 e. The van der Waals surface area contributed by atoms with E-state index in [1.54, 1.807) is 0 Å². The van der Waals surface area contributed by atoms with Gasteiger partial charge < -0.3 is 10.1 Å². The molecular weight excluding hydrogens is 180 g/mol. The Morgan fingerprint density at radius 3 is 3.14 bits per heavy atom. The van der Waals surface area contributed by atoms with Crippen molar-refractivity contribution in [3.63, 3.8) is 0 Å². The number of nitrogens with one attached hydrogen (secondary N) is 1. The monoisotopic (exact) mass is 199 g/mol. The number of rotatable bonds is 4. The molecule has 1 aliphatic rings. The number of piperazine rings is 1. The van der Waals surface area contributed by atoms with E-state index in [0.717, 1.165) is 32.6 Å². The highest BCUT2D eigenvalue weighted by atomic mass is 16.5. The highest BCUT2D eigenvalue weighted by molar-refractivity contribution is 5.76. The Hall–Kier alpha value is -0.610. The van der Waals surface area contributed by atoms with Gasteiger partial charge in [-0.25, -0.2) is 0 Å². The van der Waals surface area contributed by atoms with Crippen molar-refractivity contribution in [3.8, 4) is 0 Å². The van der Waals surface area contributed by atoms with Crippen molar-refractivity contribution in [3.05, 3.63) is 6.92 Å². The molecule has 0 aromatic rings. The molecule has 81 valence electrons. The quantitative estimate of drug-likeness (QED) is 0.649. The van der Waals surface area contributed by atoms with E-state index < -0.39 is 0 Å². The van der Waals surface area contributed by atoms with Crippen LogP contribution >= 0.6 is 0 Å². The lowest BCUT2D eigenvalue weighted by molar-refractivity contribution is -0.146. The van der Waals surface area contributed by atoms with Gasteiger partial charge in [-0.1, -0.05) is 6.92 Å². The second-order valence-electron chi connectivity index (χ2n) is 3.41. The van der Waals surface area contributed by atoms with Crippen LogP contribution in [-0.4, -0.2) is 49.7 Å². The lowest BCUT2D eigenvalue weighted by Crippen LogP contribution is -2.54. The van der Waals surface area contributed by atoms with Gasteiger partial charge in [-0.05, 0) is 19.9 Å². The largest absolute Gasteiger partial charge is 0.465 e. The summed E-state index contributed by atoms with van der Waals surface area (Å²) in [5.41, 5.74) is 0. The SMILES string of the molecule is [CH2]CCN1CCNC(C(=O)OCC)C1. The summed E-state index contributed by atoms with van der Waals surface area (Å²) in [6, 6.07) is -0.157. The molecule has 1 unspecified atom stereocenters. The molecule has 1 rings (SSSR count). The van der Waals surface area contributed by atoms with E-state index in [0.29, 0.717) is 6.61 Å². The highest BCUT2D eigenvalue weighted by Crippen LogP contribution is 2.01. The zero-order valence-electron chi connectivity index (χ0n) is 8.79. The van der Waals surface area contributed by atoms with Gasteiger partial charge >= 0.3 is 5.97 Å². The maximum Gasteiger partial charge on any atom is 0.324 e. The number of nitrogens with zero attached hydrogens (tertiary/aromatic N) is 1. The summed E-state index contributed by atoms with van der Waals surface area (Å²) in [7, 11) is 0. The van der Waals surface area contributed by atoms with Gasteiger partial charge in [0, 0.05) is 19.6 Å².